The lowest BCUT2D eigenvalue weighted by Gasteiger charge is -2.08. The molecule has 4 nitrogen and oxygen atoms in total. The maximum absolute atomic E-state index is 10.4. The van der Waals surface area contributed by atoms with Crippen LogP contribution in [0.2, 0.25) is 0 Å². The third kappa shape index (κ3) is 3.42. The minimum absolute atomic E-state index is 0.121. The minimum atomic E-state index is -0.397. The van der Waals surface area contributed by atoms with E-state index in [1.165, 1.54) is 12.1 Å². The summed E-state index contributed by atoms with van der Waals surface area (Å²) in [6.45, 7) is 2.99. The SMILES string of the molecule is CCN(C)C=Cc1ccc([N+](=O)[O-])cc1. The number of nitro benzene ring substituents is 1. The van der Waals surface area contributed by atoms with E-state index in [9.17, 15) is 10.1 Å². The highest BCUT2D eigenvalue weighted by atomic mass is 16.6. The second kappa shape index (κ2) is 5.14. The molecule has 0 radical (unpaired) electrons. The van der Waals surface area contributed by atoms with E-state index >= 15 is 0 Å². The molecule has 1 aromatic carbocycles. The smallest absolute Gasteiger partial charge is 0.269 e. The molecule has 0 aliphatic carbocycles. The Hall–Kier alpha value is -1.84. The van der Waals surface area contributed by atoms with Crippen molar-refractivity contribution in [3.63, 3.8) is 0 Å². The van der Waals surface area contributed by atoms with Crippen LogP contribution in [0.4, 0.5) is 5.69 Å². The average molecular weight is 206 g/mol. The fraction of sp³-hybridized carbons (Fsp3) is 0.273. The van der Waals surface area contributed by atoms with Crippen LogP contribution in [0.3, 0.4) is 0 Å². The lowest BCUT2D eigenvalue weighted by molar-refractivity contribution is -0.384. The molecule has 0 atom stereocenters. The maximum Gasteiger partial charge on any atom is 0.269 e. The van der Waals surface area contributed by atoms with Crippen LogP contribution < -0.4 is 0 Å². The van der Waals surface area contributed by atoms with Crippen LogP contribution in [0.25, 0.3) is 6.08 Å². The number of hydrogen-bond donors (Lipinski definition) is 0. The van der Waals surface area contributed by atoms with Gasteiger partial charge in [-0.15, -0.1) is 0 Å². The third-order valence-corrected chi connectivity index (χ3v) is 2.12. The number of rotatable bonds is 4. The van der Waals surface area contributed by atoms with Crippen molar-refractivity contribution in [2.75, 3.05) is 13.6 Å². The zero-order valence-corrected chi connectivity index (χ0v) is 8.88. The third-order valence-electron chi connectivity index (χ3n) is 2.12. The van der Waals surface area contributed by atoms with E-state index in [-0.39, 0.29) is 5.69 Å². The van der Waals surface area contributed by atoms with E-state index in [0.29, 0.717) is 0 Å². The lowest BCUT2D eigenvalue weighted by Crippen LogP contribution is -2.07. The highest BCUT2D eigenvalue weighted by Gasteiger charge is 2.01. The van der Waals surface area contributed by atoms with Gasteiger partial charge in [-0.25, -0.2) is 0 Å². The topological polar surface area (TPSA) is 46.4 Å². The van der Waals surface area contributed by atoms with E-state index in [1.54, 1.807) is 12.1 Å². The molecule has 0 saturated heterocycles. The summed E-state index contributed by atoms with van der Waals surface area (Å²) in [5, 5.41) is 10.4. The average Bonchev–Trinajstić information content (AvgIpc) is 2.26. The fourth-order valence-electron chi connectivity index (χ4n) is 1.03. The van der Waals surface area contributed by atoms with Gasteiger partial charge in [-0.2, -0.15) is 0 Å². The van der Waals surface area contributed by atoms with Crippen LogP contribution in [0.15, 0.2) is 30.5 Å². The molecule has 0 N–H and O–H groups in total. The molecule has 0 aliphatic rings. The molecule has 0 unspecified atom stereocenters. The molecule has 0 amide bonds. The van der Waals surface area contributed by atoms with Gasteiger partial charge >= 0.3 is 0 Å². The van der Waals surface area contributed by atoms with Crippen LogP contribution in [0, 0.1) is 10.1 Å². The first-order valence-electron chi connectivity index (χ1n) is 4.76. The summed E-state index contributed by atoms with van der Waals surface area (Å²) in [5.41, 5.74) is 1.08. The van der Waals surface area contributed by atoms with Crippen LogP contribution in [-0.2, 0) is 0 Å². The Morgan fingerprint density at radius 1 is 1.40 bits per heavy atom. The van der Waals surface area contributed by atoms with E-state index in [4.69, 9.17) is 0 Å². The second-order valence-corrected chi connectivity index (χ2v) is 3.24. The number of non-ortho nitro benzene ring substituents is 1. The Morgan fingerprint density at radius 3 is 2.47 bits per heavy atom. The van der Waals surface area contributed by atoms with Crippen molar-refractivity contribution in [1.29, 1.82) is 0 Å². The Bertz CT molecular complexity index is 357. The number of nitrogens with zero attached hydrogens (tertiary/aromatic N) is 2. The van der Waals surface area contributed by atoms with Gasteiger partial charge in [0.05, 0.1) is 4.92 Å². The monoisotopic (exact) mass is 206 g/mol. The van der Waals surface area contributed by atoms with Gasteiger partial charge in [-0.3, -0.25) is 10.1 Å². The summed E-state index contributed by atoms with van der Waals surface area (Å²) in [7, 11) is 1.97. The zero-order chi connectivity index (χ0) is 11.3. The number of nitro groups is 1. The van der Waals surface area contributed by atoms with E-state index < -0.39 is 4.92 Å². The maximum atomic E-state index is 10.4. The number of hydrogen-bond acceptors (Lipinski definition) is 3. The Morgan fingerprint density at radius 2 is 2.00 bits per heavy atom. The standard InChI is InChI=1S/C11H14N2O2/c1-3-12(2)9-8-10-4-6-11(7-5-10)13(14)15/h4-9H,3H2,1-2H3. The summed E-state index contributed by atoms with van der Waals surface area (Å²) in [4.78, 5) is 12.0. The van der Waals surface area contributed by atoms with Gasteiger partial charge in [0.1, 0.15) is 0 Å². The minimum Gasteiger partial charge on any atom is -0.381 e. The van der Waals surface area contributed by atoms with Gasteiger partial charge in [-0.1, -0.05) is 0 Å². The molecule has 0 heterocycles. The van der Waals surface area contributed by atoms with Gasteiger partial charge in [0.25, 0.3) is 5.69 Å². The van der Waals surface area contributed by atoms with Gasteiger partial charge in [0.2, 0.25) is 0 Å². The summed E-state index contributed by atoms with van der Waals surface area (Å²) in [6, 6.07) is 6.48. The van der Waals surface area contributed by atoms with E-state index in [0.717, 1.165) is 12.1 Å². The predicted octanol–water partition coefficient (Wildman–Crippen LogP) is 2.52. The first-order chi connectivity index (χ1) is 7.13. The Balaban J connectivity index is 2.72. The molecule has 0 bridgehead atoms. The molecular formula is C11H14N2O2. The van der Waals surface area contributed by atoms with Crippen molar-refractivity contribution >= 4 is 11.8 Å². The first kappa shape index (κ1) is 11.2. The van der Waals surface area contributed by atoms with Crippen molar-refractivity contribution in [3.05, 3.63) is 46.1 Å². The normalized spacial score (nSPS) is 10.5. The summed E-state index contributed by atoms with van der Waals surface area (Å²) >= 11 is 0. The molecule has 0 spiro atoms. The molecule has 0 aromatic heterocycles. The highest BCUT2D eigenvalue weighted by molar-refractivity contribution is 5.51. The van der Waals surface area contributed by atoms with Crippen LogP contribution in [-0.4, -0.2) is 23.4 Å². The zero-order valence-electron chi connectivity index (χ0n) is 8.88. The van der Waals surface area contributed by atoms with E-state index in [2.05, 4.69) is 6.92 Å². The molecular weight excluding hydrogens is 192 g/mol. The largest absolute Gasteiger partial charge is 0.381 e. The van der Waals surface area contributed by atoms with Crippen LogP contribution in [0.1, 0.15) is 12.5 Å². The van der Waals surface area contributed by atoms with Gasteiger partial charge in [-0.05, 0) is 36.9 Å². The van der Waals surface area contributed by atoms with Gasteiger partial charge in [0.15, 0.2) is 0 Å². The predicted molar refractivity (Wildman–Crippen MR) is 60.4 cm³/mol. The van der Waals surface area contributed by atoms with Gasteiger partial charge in [0, 0.05) is 25.7 Å². The molecule has 0 saturated carbocycles. The highest BCUT2D eigenvalue weighted by Crippen LogP contribution is 2.12. The molecule has 80 valence electrons. The summed E-state index contributed by atoms with van der Waals surface area (Å²) in [6.07, 6.45) is 3.87. The van der Waals surface area contributed by atoms with E-state index in [1.807, 2.05) is 24.2 Å². The lowest BCUT2D eigenvalue weighted by atomic mass is 10.2. The van der Waals surface area contributed by atoms with Crippen molar-refractivity contribution in [2.45, 2.75) is 6.92 Å². The second-order valence-electron chi connectivity index (χ2n) is 3.24. The Labute approximate surface area is 89.0 Å². The summed E-state index contributed by atoms with van der Waals surface area (Å²) < 4.78 is 0. The van der Waals surface area contributed by atoms with Gasteiger partial charge < -0.3 is 4.90 Å². The molecule has 0 fully saturated rings. The van der Waals surface area contributed by atoms with Crippen molar-refractivity contribution < 1.29 is 4.92 Å². The number of benzene rings is 1. The molecule has 1 rings (SSSR count). The quantitative estimate of drug-likeness (QED) is 0.561. The molecule has 4 heteroatoms. The molecule has 0 aliphatic heterocycles. The van der Waals surface area contributed by atoms with Crippen LogP contribution in [0.5, 0.6) is 0 Å². The first-order valence-corrected chi connectivity index (χ1v) is 4.76. The van der Waals surface area contributed by atoms with Crippen molar-refractivity contribution in [3.8, 4) is 0 Å². The fourth-order valence-corrected chi connectivity index (χ4v) is 1.03. The van der Waals surface area contributed by atoms with Crippen LogP contribution >= 0.6 is 0 Å². The van der Waals surface area contributed by atoms with Crippen molar-refractivity contribution in [2.24, 2.45) is 0 Å². The Kier molecular flexibility index (Phi) is 3.85. The van der Waals surface area contributed by atoms with Crippen molar-refractivity contribution in [1.82, 2.24) is 4.90 Å². The summed E-state index contributed by atoms with van der Waals surface area (Å²) in [5.74, 6) is 0. The molecule has 1 aromatic rings. The molecule has 15 heavy (non-hydrogen) atoms.